The predicted octanol–water partition coefficient (Wildman–Crippen LogP) is 3.98. The molecule has 1 fully saturated rings. The number of nitrogens with zero attached hydrogens (tertiary/aromatic N) is 3. The molecule has 138 valence electrons. The number of morpholine rings is 1. The predicted molar refractivity (Wildman–Crippen MR) is 101 cm³/mol. The Hall–Kier alpha value is -0.870. The van der Waals surface area contributed by atoms with Crippen molar-refractivity contribution in [2.75, 3.05) is 19.6 Å². The van der Waals surface area contributed by atoms with Gasteiger partial charge in [-0.25, -0.2) is 0 Å². The molecular weight excluding hydrogens is 298 g/mol. The topological polar surface area (TPSA) is 30.3 Å². The van der Waals surface area contributed by atoms with E-state index >= 15 is 0 Å². The van der Waals surface area contributed by atoms with Crippen molar-refractivity contribution in [2.45, 2.75) is 91.9 Å². The minimum absolute atomic E-state index is 0.144. The van der Waals surface area contributed by atoms with E-state index in [-0.39, 0.29) is 5.41 Å². The first-order valence-electron chi connectivity index (χ1n) is 9.61. The van der Waals surface area contributed by atoms with Crippen LogP contribution in [0.3, 0.4) is 0 Å². The molecule has 2 heterocycles. The Morgan fingerprint density at radius 1 is 1.12 bits per heavy atom. The molecule has 1 aliphatic rings. The van der Waals surface area contributed by atoms with Gasteiger partial charge in [-0.1, -0.05) is 41.5 Å². The van der Waals surface area contributed by atoms with Gasteiger partial charge >= 0.3 is 0 Å². The maximum Gasteiger partial charge on any atom is 0.0678 e. The number of hydrogen-bond acceptors (Lipinski definition) is 3. The normalized spacial score (nSPS) is 23.2. The van der Waals surface area contributed by atoms with E-state index in [0.29, 0.717) is 18.1 Å². The van der Waals surface area contributed by atoms with Crippen LogP contribution in [0.15, 0.2) is 0 Å². The van der Waals surface area contributed by atoms with Gasteiger partial charge in [0.2, 0.25) is 0 Å². The van der Waals surface area contributed by atoms with Crippen LogP contribution in [-0.2, 0) is 23.1 Å². The Morgan fingerprint density at radius 3 is 2.17 bits per heavy atom. The van der Waals surface area contributed by atoms with Crippen molar-refractivity contribution in [3.8, 4) is 0 Å². The Labute approximate surface area is 148 Å². The summed E-state index contributed by atoms with van der Waals surface area (Å²) in [5.41, 5.74) is 4.30. The van der Waals surface area contributed by atoms with Gasteiger partial charge < -0.3 is 4.74 Å². The summed E-state index contributed by atoms with van der Waals surface area (Å²) in [6, 6.07) is 0. The van der Waals surface area contributed by atoms with E-state index in [1.807, 2.05) is 0 Å². The van der Waals surface area contributed by atoms with Gasteiger partial charge in [-0.15, -0.1) is 0 Å². The molecule has 0 N–H and O–H groups in total. The van der Waals surface area contributed by atoms with Gasteiger partial charge in [-0.3, -0.25) is 9.58 Å². The van der Waals surface area contributed by atoms with Crippen LogP contribution in [0.25, 0.3) is 0 Å². The fourth-order valence-electron chi connectivity index (χ4n) is 4.05. The lowest BCUT2D eigenvalue weighted by atomic mass is 9.82. The second-order valence-corrected chi connectivity index (χ2v) is 8.71. The molecule has 1 saturated heterocycles. The standard InChI is InChI=1S/C20H37N3O/c1-9-17-18(20(6,7)8)19(14(2)3)23(21-17)11-10-22-12-15(4)24-16(5)13-22/h14-16H,9-13H2,1-8H3/t15-,16+. The molecule has 2 rings (SSSR count). The Kier molecular flexibility index (Phi) is 6.14. The van der Waals surface area contributed by atoms with E-state index in [1.54, 1.807) is 0 Å². The largest absolute Gasteiger partial charge is 0.373 e. The van der Waals surface area contributed by atoms with Crippen LogP contribution in [0.4, 0.5) is 0 Å². The molecule has 0 aromatic carbocycles. The minimum Gasteiger partial charge on any atom is -0.373 e. The average Bonchev–Trinajstić information content (AvgIpc) is 2.83. The number of hydrogen-bond donors (Lipinski definition) is 0. The number of aryl methyl sites for hydroxylation is 1. The van der Waals surface area contributed by atoms with Crippen LogP contribution in [0.1, 0.15) is 78.3 Å². The summed E-state index contributed by atoms with van der Waals surface area (Å²) < 4.78 is 8.14. The van der Waals surface area contributed by atoms with E-state index in [4.69, 9.17) is 9.84 Å². The zero-order valence-corrected chi connectivity index (χ0v) is 17.0. The van der Waals surface area contributed by atoms with Crippen molar-refractivity contribution < 1.29 is 4.74 Å². The number of rotatable bonds is 5. The third-order valence-corrected chi connectivity index (χ3v) is 4.82. The molecule has 2 atom stereocenters. The molecule has 1 aliphatic heterocycles. The van der Waals surface area contributed by atoms with E-state index in [1.165, 1.54) is 17.0 Å². The van der Waals surface area contributed by atoms with Crippen LogP contribution < -0.4 is 0 Å². The maximum absolute atomic E-state index is 5.85. The van der Waals surface area contributed by atoms with Gasteiger partial charge in [0.05, 0.1) is 24.4 Å². The Balaban J connectivity index is 2.22. The first-order valence-corrected chi connectivity index (χ1v) is 9.61. The molecule has 4 heteroatoms. The third-order valence-electron chi connectivity index (χ3n) is 4.82. The average molecular weight is 336 g/mol. The van der Waals surface area contributed by atoms with Crippen molar-refractivity contribution in [1.29, 1.82) is 0 Å². The number of aromatic nitrogens is 2. The van der Waals surface area contributed by atoms with Gasteiger partial charge in [0.25, 0.3) is 0 Å². The van der Waals surface area contributed by atoms with Gasteiger partial charge in [-0.2, -0.15) is 5.10 Å². The van der Waals surface area contributed by atoms with Gasteiger partial charge in [0.1, 0.15) is 0 Å². The third kappa shape index (κ3) is 4.40. The lowest BCUT2D eigenvalue weighted by molar-refractivity contribution is -0.0687. The van der Waals surface area contributed by atoms with Crippen LogP contribution in [0.2, 0.25) is 0 Å². The molecule has 0 radical (unpaired) electrons. The van der Waals surface area contributed by atoms with Crippen LogP contribution in [0.5, 0.6) is 0 Å². The summed E-state index contributed by atoms with van der Waals surface area (Å²) in [5, 5.41) is 5.00. The first kappa shape index (κ1) is 19.5. The highest BCUT2D eigenvalue weighted by Gasteiger charge is 2.28. The monoisotopic (exact) mass is 335 g/mol. The molecule has 0 amide bonds. The van der Waals surface area contributed by atoms with E-state index in [0.717, 1.165) is 32.6 Å². The smallest absolute Gasteiger partial charge is 0.0678 e. The second kappa shape index (κ2) is 7.57. The highest BCUT2D eigenvalue weighted by Crippen LogP contribution is 2.33. The molecule has 0 saturated carbocycles. The zero-order chi connectivity index (χ0) is 18.1. The molecule has 1 aromatic rings. The lowest BCUT2D eigenvalue weighted by Crippen LogP contribution is -2.46. The Morgan fingerprint density at radius 2 is 1.71 bits per heavy atom. The fraction of sp³-hybridized carbons (Fsp3) is 0.850. The van der Waals surface area contributed by atoms with E-state index < -0.39 is 0 Å². The summed E-state index contributed by atoms with van der Waals surface area (Å²) in [6.07, 6.45) is 1.66. The SMILES string of the molecule is CCc1nn(CCN2C[C@@H](C)O[C@@H](C)C2)c(C(C)C)c1C(C)(C)C. The quantitative estimate of drug-likeness (QED) is 0.815. The number of ether oxygens (including phenoxy) is 1. The van der Waals surface area contributed by atoms with Crippen LogP contribution >= 0.6 is 0 Å². The lowest BCUT2D eigenvalue weighted by Gasteiger charge is -2.35. The highest BCUT2D eigenvalue weighted by molar-refractivity contribution is 5.35. The molecule has 0 unspecified atom stereocenters. The van der Waals surface area contributed by atoms with Crippen molar-refractivity contribution in [3.05, 3.63) is 17.0 Å². The summed E-state index contributed by atoms with van der Waals surface area (Å²) in [4.78, 5) is 2.52. The highest BCUT2D eigenvalue weighted by atomic mass is 16.5. The van der Waals surface area contributed by atoms with Crippen molar-refractivity contribution in [1.82, 2.24) is 14.7 Å². The zero-order valence-electron chi connectivity index (χ0n) is 17.0. The fourth-order valence-corrected chi connectivity index (χ4v) is 4.05. The minimum atomic E-state index is 0.144. The van der Waals surface area contributed by atoms with Gasteiger partial charge in [-0.05, 0) is 31.6 Å². The first-order chi connectivity index (χ1) is 11.1. The van der Waals surface area contributed by atoms with Gasteiger partial charge in [0, 0.05) is 30.9 Å². The molecule has 4 nitrogen and oxygen atoms in total. The summed E-state index contributed by atoms with van der Waals surface area (Å²) in [5.74, 6) is 0.495. The van der Waals surface area contributed by atoms with E-state index in [9.17, 15) is 0 Å². The van der Waals surface area contributed by atoms with E-state index in [2.05, 4.69) is 65.0 Å². The van der Waals surface area contributed by atoms with Crippen molar-refractivity contribution in [3.63, 3.8) is 0 Å². The molecule has 24 heavy (non-hydrogen) atoms. The van der Waals surface area contributed by atoms with Crippen LogP contribution in [0, 0.1) is 0 Å². The summed E-state index contributed by atoms with van der Waals surface area (Å²) >= 11 is 0. The molecule has 0 bridgehead atoms. The van der Waals surface area contributed by atoms with Gasteiger partial charge in [0.15, 0.2) is 0 Å². The summed E-state index contributed by atoms with van der Waals surface area (Å²) in [7, 11) is 0. The molecule has 1 aromatic heterocycles. The van der Waals surface area contributed by atoms with Crippen LogP contribution in [-0.4, -0.2) is 46.5 Å². The molecule has 0 aliphatic carbocycles. The second-order valence-electron chi connectivity index (χ2n) is 8.71. The molecule has 0 spiro atoms. The summed E-state index contributed by atoms with van der Waals surface area (Å²) in [6.45, 7) is 22.1. The Bertz CT molecular complexity index is 532. The van der Waals surface area contributed by atoms with Crippen molar-refractivity contribution >= 4 is 0 Å². The van der Waals surface area contributed by atoms with Crippen molar-refractivity contribution in [2.24, 2.45) is 0 Å². The maximum atomic E-state index is 5.85. The molecular formula is C20H37N3O.